The maximum atomic E-state index is 12.2. The van der Waals surface area contributed by atoms with Crippen LogP contribution in [0, 0.1) is 17.2 Å². The standard InChI is InChI=1S/C16H21N3O/c1-18-8-7-15(11-18)12-19(2)16(20)9-13-3-5-14(10-17)6-4-13/h3-6,15H,7-9,11-12H2,1-2H3. The number of likely N-dealkylation sites (tertiary alicyclic amines) is 1. The van der Waals surface area contributed by atoms with Crippen LogP contribution in [0.5, 0.6) is 0 Å². The Labute approximate surface area is 120 Å². The van der Waals surface area contributed by atoms with Gasteiger partial charge in [-0.25, -0.2) is 0 Å². The van der Waals surface area contributed by atoms with Crippen LogP contribution in [0.25, 0.3) is 0 Å². The molecule has 1 aliphatic rings. The lowest BCUT2D eigenvalue weighted by molar-refractivity contribution is -0.129. The first-order valence-electron chi connectivity index (χ1n) is 7.00. The zero-order valence-corrected chi connectivity index (χ0v) is 12.2. The molecule has 0 radical (unpaired) electrons. The van der Waals surface area contributed by atoms with Gasteiger partial charge in [-0.1, -0.05) is 12.1 Å². The van der Waals surface area contributed by atoms with Crippen molar-refractivity contribution in [3.8, 4) is 6.07 Å². The third kappa shape index (κ3) is 3.82. The van der Waals surface area contributed by atoms with Crippen molar-refractivity contribution in [2.45, 2.75) is 12.8 Å². The topological polar surface area (TPSA) is 47.3 Å². The largest absolute Gasteiger partial charge is 0.345 e. The average molecular weight is 271 g/mol. The molecule has 4 nitrogen and oxygen atoms in total. The number of benzene rings is 1. The third-order valence-corrected chi connectivity index (χ3v) is 3.89. The smallest absolute Gasteiger partial charge is 0.226 e. The molecule has 1 heterocycles. The summed E-state index contributed by atoms with van der Waals surface area (Å²) in [5.74, 6) is 0.735. The Hall–Kier alpha value is -1.86. The summed E-state index contributed by atoms with van der Waals surface area (Å²) in [6.07, 6.45) is 1.58. The SMILES string of the molecule is CN1CCC(CN(C)C(=O)Cc2ccc(C#N)cc2)C1. The van der Waals surface area contributed by atoms with Gasteiger partial charge in [0.25, 0.3) is 0 Å². The number of amides is 1. The van der Waals surface area contributed by atoms with Crippen LogP contribution in [0.2, 0.25) is 0 Å². The quantitative estimate of drug-likeness (QED) is 0.834. The Balaban J connectivity index is 1.85. The highest BCUT2D eigenvalue weighted by Gasteiger charge is 2.22. The monoisotopic (exact) mass is 271 g/mol. The molecule has 1 amide bonds. The van der Waals surface area contributed by atoms with E-state index in [2.05, 4.69) is 18.0 Å². The van der Waals surface area contributed by atoms with E-state index in [9.17, 15) is 4.79 Å². The van der Waals surface area contributed by atoms with Crippen molar-refractivity contribution in [1.82, 2.24) is 9.80 Å². The van der Waals surface area contributed by atoms with Gasteiger partial charge >= 0.3 is 0 Å². The van der Waals surface area contributed by atoms with Crippen molar-refractivity contribution in [1.29, 1.82) is 5.26 Å². The summed E-state index contributed by atoms with van der Waals surface area (Å²) in [5, 5.41) is 8.75. The maximum Gasteiger partial charge on any atom is 0.226 e. The lowest BCUT2D eigenvalue weighted by Crippen LogP contribution is -2.33. The van der Waals surface area contributed by atoms with Crippen LogP contribution in [0.15, 0.2) is 24.3 Å². The first-order valence-corrected chi connectivity index (χ1v) is 7.00. The summed E-state index contributed by atoms with van der Waals surface area (Å²) >= 11 is 0. The number of hydrogen-bond acceptors (Lipinski definition) is 3. The molecule has 0 aromatic heterocycles. The molecule has 106 valence electrons. The number of carbonyl (C=O) groups is 1. The van der Waals surface area contributed by atoms with E-state index >= 15 is 0 Å². The first-order chi connectivity index (χ1) is 9.58. The first kappa shape index (κ1) is 14.5. The van der Waals surface area contributed by atoms with Gasteiger partial charge in [0.1, 0.15) is 0 Å². The van der Waals surface area contributed by atoms with Gasteiger partial charge in [-0.2, -0.15) is 5.26 Å². The van der Waals surface area contributed by atoms with Gasteiger partial charge in [-0.15, -0.1) is 0 Å². The maximum absolute atomic E-state index is 12.2. The number of rotatable bonds is 4. The van der Waals surface area contributed by atoms with Gasteiger partial charge in [0.15, 0.2) is 0 Å². The lowest BCUT2D eigenvalue weighted by atomic mass is 10.1. The van der Waals surface area contributed by atoms with Crippen LogP contribution in [0.1, 0.15) is 17.5 Å². The van der Waals surface area contributed by atoms with Crippen molar-refractivity contribution >= 4 is 5.91 Å². The summed E-state index contributed by atoms with van der Waals surface area (Å²) in [7, 11) is 4.00. The normalized spacial score (nSPS) is 18.8. The lowest BCUT2D eigenvalue weighted by Gasteiger charge is -2.21. The molecule has 2 rings (SSSR count). The minimum absolute atomic E-state index is 0.143. The van der Waals surface area contributed by atoms with Crippen molar-refractivity contribution < 1.29 is 4.79 Å². The van der Waals surface area contributed by atoms with E-state index in [1.807, 2.05) is 24.1 Å². The van der Waals surface area contributed by atoms with E-state index in [1.54, 1.807) is 12.1 Å². The Morgan fingerprint density at radius 3 is 2.70 bits per heavy atom. The number of nitriles is 1. The van der Waals surface area contributed by atoms with E-state index in [4.69, 9.17) is 5.26 Å². The van der Waals surface area contributed by atoms with Crippen LogP contribution >= 0.6 is 0 Å². The molecule has 1 atom stereocenters. The molecular formula is C16H21N3O. The Bertz CT molecular complexity index is 503. The van der Waals surface area contributed by atoms with E-state index in [0.29, 0.717) is 17.9 Å². The molecule has 1 fully saturated rings. The van der Waals surface area contributed by atoms with Crippen molar-refractivity contribution in [2.75, 3.05) is 33.7 Å². The Morgan fingerprint density at radius 1 is 1.45 bits per heavy atom. The molecular weight excluding hydrogens is 250 g/mol. The van der Waals surface area contributed by atoms with Crippen LogP contribution in [0.3, 0.4) is 0 Å². The fourth-order valence-corrected chi connectivity index (χ4v) is 2.67. The molecule has 1 aliphatic heterocycles. The highest BCUT2D eigenvalue weighted by molar-refractivity contribution is 5.78. The van der Waals surface area contributed by atoms with Crippen LogP contribution in [-0.4, -0.2) is 49.4 Å². The van der Waals surface area contributed by atoms with E-state index in [0.717, 1.165) is 25.2 Å². The second-order valence-corrected chi connectivity index (χ2v) is 5.68. The number of hydrogen-bond donors (Lipinski definition) is 0. The second kappa shape index (κ2) is 6.53. The second-order valence-electron chi connectivity index (χ2n) is 5.68. The zero-order valence-electron chi connectivity index (χ0n) is 12.2. The average Bonchev–Trinajstić information content (AvgIpc) is 2.85. The van der Waals surface area contributed by atoms with Crippen LogP contribution < -0.4 is 0 Å². The summed E-state index contributed by atoms with van der Waals surface area (Å²) < 4.78 is 0. The minimum atomic E-state index is 0.143. The van der Waals surface area contributed by atoms with Crippen molar-refractivity contribution in [2.24, 2.45) is 5.92 Å². The van der Waals surface area contributed by atoms with E-state index in [1.165, 1.54) is 6.42 Å². The van der Waals surface area contributed by atoms with Gasteiger partial charge in [0.2, 0.25) is 5.91 Å². The highest BCUT2D eigenvalue weighted by Crippen LogP contribution is 2.15. The molecule has 4 heteroatoms. The van der Waals surface area contributed by atoms with E-state index in [-0.39, 0.29) is 5.91 Å². The summed E-state index contributed by atoms with van der Waals surface area (Å²) in [6.45, 7) is 3.04. The van der Waals surface area contributed by atoms with Gasteiger partial charge in [-0.05, 0) is 43.6 Å². The van der Waals surface area contributed by atoms with Crippen LogP contribution in [0.4, 0.5) is 0 Å². The van der Waals surface area contributed by atoms with E-state index < -0.39 is 0 Å². The molecule has 1 aromatic rings. The molecule has 1 unspecified atom stereocenters. The van der Waals surface area contributed by atoms with Crippen LogP contribution in [-0.2, 0) is 11.2 Å². The predicted molar refractivity (Wildman–Crippen MR) is 78.1 cm³/mol. The minimum Gasteiger partial charge on any atom is -0.345 e. The predicted octanol–water partition coefficient (Wildman–Crippen LogP) is 1.51. The molecule has 0 N–H and O–H groups in total. The summed E-state index contributed by atoms with van der Waals surface area (Å²) in [6, 6.07) is 9.31. The van der Waals surface area contributed by atoms with Gasteiger partial charge in [0.05, 0.1) is 18.1 Å². The van der Waals surface area contributed by atoms with Crippen molar-refractivity contribution in [3.63, 3.8) is 0 Å². The third-order valence-electron chi connectivity index (χ3n) is 3.89. The Kier molecular flexibility index (Phi) is 4.75. The molecule has 20 heavy (non-hydrogen) atoms. The van der Waals surface area contributed by atoms with Gasteiger partial charge in [0, 0.05) is 20.1 Å². The highest BCUT2D eigenvalue weighted by atomic mass is 16.2. The Morgan fingerprint density at radius 2 is 2.15 bits per heavy atom. The number of likely N-dealkylation sites (N-methyl/N-ethyl adjacent to an activating group) is 1. The van der Waals surface area contributed by atoms with Crippen molar-refractivity contribution in [3.05, 3.63) is 35.4 Å². The fourth-order valence-electron chi connectivity index (χ4n) is 2.67. The molecule has 0 bridgehead atoms. The zero-order chi connectivity index (χ0) is 14.5. The fraction of sp³-hybridized carbons (Fsp3) is 0.500. The molecule has 0 spiro atoms. The molecule has 1 aromatic carbocycles. The van der Waals surface area contributed by atoms with Gasteiger partial charge < -0.3 is 9.80 Å². The molecule has 1 saturated heterocycles. The van der Waals surface area contributed by atoms with Gasteiger partial charge in [-0.3, -0.25) is 4.79 Å². The molecule has 0 aliphatic carbocycles. The summed E-state index contributed by atoms with van der Waals surface area (Å²) in [5.41, 5.74) is 1.59. The number of carbonyl (C=O) groups excluding carboxylic acids is 1. The molecule has 0 saturated carbocycles. The number of nitrogens with zero attached hydrogens (tertiary/aromatic N) is 3. The summed E-state index contributed by atoms with van der Waals surface area (Å²) in [4.78, 5) is 16.3.